The van der Waals surface area contributed by atoms with Crippen LogP contribution in [-0.4, -0.2) is 53.9 Å². The van der Waals surface area contributed by atoms with Gasteiger partial charge in [-0.15, -0.1) is 0 Å². The molecule has 10 nitrogen and oxygen atoms in total. The lowest BCUT2D eigenvalue weighted by Gasteiger charge is -2.30. The number of hydrogen-bond acceptors (Lipinski definition) is 5. The summed E-state index contributed by atoms with van der Waals surface area (Å²) in [5.41, 5.74) is 7.23. The lowest BCUT2D eigenvalue weighted by Crippen LogP contribution is -2.39. The zero-order valence-corrected chi connectivity index (χ0v) is 16.4. The molecule has 0 bridgehead atoms. The number of nitrogens with two attached hydrogens (primary N) is 1. The first-order chi connectivity index (χ1) is 13.3. The Morgan fingerprint density at radius 2 is 1.86 bits per heavy atom. The normalized spacial score (nSPS) is 16.4. The number of carbonyl (C=O) groups excluding carboxylic acids is 1. The fourth-order valence-electron chi connectivity index (χ4n) is 4.13. The zero-order valence-electron chi connectivity index (χ0n) is 16.4. The average molecular weight is 387 g/mol. The Kier molecular flexibility index (Phi) is 4.37. The summed E-state index contributed by atoms with van der Waals surface area (Å²) >= 11 is 0. The van der Waals surface area contributed by atoms with Gasteiger partial charge in [0.05, 0.1) is 0 Å². The van der Waals surface area contributed by atoms with Gasteiger partial charge in [-0.2, -0.15) is 4.98 Å². The second-order valence-electron chi connectivity index (χ2n) is 7.58. The van der Waals surface area contributed by atoms with Gasteiger partial charge in [0.2, 0.25) is 11.7 Å². The first kappa shape index (κ1) is 18.5. The van der Waals surface area contributed by atoms with Crippen molar-refractivity contribution in [2.75, 3.05) is 19.6 Å². The molecule has 0 saturated carbocycles. The summed E-state index contributed by atoms with van der Waals surface area (Å²) in [6, 6.07) is 0. The van der Waals surface area contributed by atoms with E-state index >= 15 is 0 Å². The number of H-pyrrole nitrogens is 1. The molecule has 0 atom stereocenters. The number of fused-ring (bicyclic) bond motifs is 3. The molecule has 0 radical (unpaired) electrons. The lowest BCUT2D eigenvalue weighted by atomic mass is 9.96. The molecule has 3 N–H and O–H groups in total. The first-order valence-electron chi connectivity index (χ1n) is 9.48. The fourth-order valence-corrected chi connectivity index (χ4v) is 4.13. The summed E-state index contributed by atoms with van der Waals surface area (Å²) in [6.45, 7) is 7.16. The maximum Gasteiger partial charge on any atom is 0.329 e. The molecular formula is C18H25N7O3. The minimum absolute atomic E-state index is 0.0240. The van der Waals surface area contributed by atoms with E-state index in [2.05, 4.69) is 19.4 Å². The second kappa shape index (κ2) is 6.62. The van der Waals surface area contributed by atoms with Crippen molar-refractivity contribution in [3.8, 4) is 0 Å². The third kappa shape index (κ3) is 2.75. The van der Waals surface area contributed by atoms with E-state index in [1.165, 1.54) is 4.57 Å². The van der Waals surface area contributed by atoms with Crippen LogP contribution in [0.5, 0.6) is 0 Å². The molecule has 0 unspecified atom stereocenters. The van der Waals surface area contributed by atoms with E-state index in [0.717, 1.165) is 43.9 Å². The number of primary amides is 1. The molecule has 3 aromatic rings. The molecule has 10 heteroatoms. The Morgan fingerprint density at radius 3 is 2.50 bits per heavy atom. The molecule has 1 aliphatic rings. The number of likely N-dealkylation sites (tertiary alicyclic amines) is 1. The number of hydrogen-bond donors (Lipinski definition) is 2. The van der Waals surface area contributed by atoms with Gasteiger partial charge >= 0.3 is 5.69 Å². The van der Waals surface area contributed by atoms with Crippen molar-refractivity contribution in [1.29, 1.82) is 0 Å². The van der Waals surface area contributed by atoms with Gasteiger partial charge in [-0.3, -0.25) is 23.5 Å². The third-order valence-electron chi connectivity index (χ3n) is 6.03. The molecule has 28 heavy (non-hydrogen) atoms. The first-order valence-corrected chi connectivity index (χ1v) is 9.48. The maximum atomic E-state index is 12.4. The van der Waals surface area contributed by atoms with Gasteiger partial charge < -0.3 is 15.2 Å². The predicted octanol–water partition coefficient (Wildman–Crippen LogP) is -0.510. The van der Waals surface area contributed by atoms with Crippen LogP contribution in [0, 0.1) is 19.8 Å². The van der Waals surface area contributed by atoms with Crippen LogP contribution in [0.2, 0.25) is 0 Å². The van der Waals surface area contributed by atoms with Gasteiger partial charge in [0, 0.05) is 37.4 Å². The number of aromatic amines is 1. The van der Waals surface area contributed by atoms with E-state index in [4.69, 9.17) is 5.73 Å². The standard InChI is InChI=1S/C18H25N7O3/c1-10-11(2)25-13-15(22(3)18(28)21-16(13)27)20-17(25)24(10)9-8-23-6-4-12(5-7-23)14(19)26/h12H,4-9H2,1-3H3,(H2,19,26)(H,21,27,28). The highest BCUT2D eigenvalue weighted by Crippen LogP contribution is 2.21. The van der Waals surface area contributed by atoms with E-state index in [-0.39, 0.29) is 11.8 Å². The van der Waals surface area contributed by atoms with Gasteiger partial charge in [0.25, 0.3) is 5.56 Å². The summed E-state index contributed by atoms with van der Waals surface area (Å²) in [7, 11) is 1.60. The van der Waals surface area contributed by atoms with E-state index in [0.29, 0.717) is 23.5 Å². The average Bonchev–Trinajstić information content (AvgIpc) is 3.16. The Labute approximate surface area is 160 Å². The molecule has 0 aromatic carbocycles. The number of nitrogens with zero attached hydrogens (tertiary/aromatic N) is 5. The maximum absolute atomic E-state index is 12.4. The van der Waals surface area contributed by atoms with Crippen LogP contribution in [0.4, 0.5) is 0 Å². The molecule has 1 fully saturated rings. The van der Waals surface area contributed by atoms with Crippen LogP contribution in [-0.2, 0) is 18.4 Å². The van der Waals surface area contributed by atoms with Crippen LogP contribution in [0.3, 0.4) is 0 Å². The van der Waals surface area contributed by atoms with Gasteiger partial charge in [-0.25, -0.2) is 4.79 Å². The molecule has 0 aliphatic carbocycles. The highest BCUT2D eigenvalue weighted by molar-refractivity contribution is 5.77. The third-order valence-corrected chi connectivity index (χ3v) is 6.03. The van der Waals surface area contributed by atoms with E-state index in [1.807, 2.05) is 18.2 Å². The number of piperidine rings is 1. The molecule has 3 aromatic heterocycles. The summed E-state index contributed by atoms with van der Waals surface area (Å²) in [6.07, 6.45) is 1.58. The van der Waals surface area contributed by atoms with Gasteiger partial charge in [-0.05, 0) is 39.8 Å². The van der Waals surface area contributed by atoms with Crippen molar-refractivity contribution in [1.82, 2.24) is 28.4 Å². The molecule has 4 rings (SSSR count). The Hall–Kier alpha value is -2.88. The fraction of sp³-hybridized carbons (Fsp3) is 0.556. The van der Waals surface area contributed by atoms with Crippen molar-refractivity contribution < 1.29 is 4.79 Å². The SMILES string of the molecule is Cc1c(C)n2c3c(=O)[nH]c(=O)n(C)c3nc2n1CCN1CCC(C(N)=O)CC1. The lowest BCUT2D eigenvalue weighted by molar-refractivity contribution is -0.123. The van der Waals surface area contributed by atoms with Gasteiger partial charge in [0.15, 0.2) is 11.2 Å². The number of amides is 1. The highest BCUT2D eigenvalue weighted by Gasteiger charge is 2.24. The smallest absolute Gasteiger partial charge is 0.329 e. The number of imidazole rings is 2. The predicted molar refractivity (Wildman–Crippen MR) is 104 cm³/mol. The number of aromatic nitrogens is 5. The molecule has 150 valence electrons. The number of rotatable bonds is 4. The van der Waals surface area contributed by atoms with Crippen LogP contribution in [0.1, 0.15) is 24.2 Å². The van der Waals surface area contributed by atoms with Crippen molar-refractivity contribution in [2.45, 2.75) is 33.2 Å². The molecule has 0 spiro atoms. The Bertz CT molecular complexity index is 1190. The topological polar surface area (TPSA) is 123 Å². The van der Waals surface area contributed by atoms with Crippen LogP contribution < -0.4 is 17.0 Å². The van der Waals surface area contributed by atoms with Gasteiger partial charge in [-0.1, -0.05) is 0 Å². The molecule has 1 aliphatic heterocycles. The van der Waals surface area contributed by atoms with Gasteiger partial charge in [0.1, 0.15) is 0 Å². The van der Waals surface area contributed by atoms with Crippen molar-refractivity contribution in [2.24, 2.45) is 18.7 Å². The number of aryl methyl sites for hydroxylation is 2. The Morgan fingerprint density at radius 1 is 1.18 bits per heavy atom. The highest BCUT2D eigenvalue weighted by atomic mass is 16.2. The minimum Gasteiger partial charge on any atom is -0.369 e. The van der Waals surface area contributed by atoms with E-state index < -0.39 is 11.2 Å². The molecule has 4 heterocycles. The van der Waals surface area contributed by atoms with Crippen LogP contribution in [0.25, 0.3) is 16.9 Å². The van der Waals surface area contributed by atoms with E-state index in [1.54, 1.807) is 7.05 Å². The van der Waals surface area contributed by atoms with Crippen molar-refractivity contribution in [3.63, 3.8) is 0 Å². The summed E-state index contributed by atoms with van der Waals surface area (Å²) in [5.74, 6) is 0.422. The zero-order chi connectivity index (χ0) is 20.2. The largest absolute Gasteiger partial charge is 0.369 e. The van der Waals surface area contributed by atoms with Crippen molar-refractivity contribution in [3.05, 3.63) is 32.2 Å². The number of nitrogens with one attached hydrogen (secondary N) is 1. The van der Waals surface area contributed by atoms with Crippen LogP contribution in [0.15, 0.2) is 9.59 Å². The quantitative estimate of drug-likeness (QED) is 0.624. The molecular weight excluding hydrogens is 362 g/mol. The van der Waals surface area contributed by atoms with Crippen LogP contribution >= 0.6 is 0 Å². The summed E-state index contributed by atoms with van der Waals surface area (Å²) < 4.78 is 5.26. The van der Waals surface area contributed by atoms with E-state index in [9.17, 15) is 14.4 Å². The second-order valence-corrected chi connectivity index (χ2v) is 7.58. The Balaban J connectivity index is 1.68. The summed E-state index contributed by atoms with van der Waals surface area (Å²) in [4.78, 5) is 44.9. The summed E-state index contributed by atoms with van der Waals surface area (Å²) in [5, 5.41) is 0. The number of carbonyl (C=O) groups is 1. The van der Waals surface area contributed by atoms with Crippen molar-refractivity contribution >= 4 is 22.8 Å². The minimum atomic E-state index is -0.475. The molecule has 1 saturated heterocycles. The molecule has 1 amide bonds. The monoisotopic (exact) mass is 387 g/mol.